The van der Waals surface area contributed by atoms with Crippen LogP contribution in [0.5, 0.6) is 5.75 Å². The number of nitrogens with zero attached hydrogens (tertiary/aromatic N) is 5. The molecule has 2 aromatic heterocycles. The van der Waals surface area contributed by atoms with Crippen molar-refractivity contribution in [3.8, 4) is 11.4 Å². The Bertz CT molecular complexity index is 1190. The van der Waals surface area contributed by atoms with Crippen LogP contribution in [0.25, 0.3) is 5.69 Å². The maximum atomic E-state index is 13.1. The van der Waals surface area contributed by atoms with Gasteiger partial charge in [0.25, 0.3) is 0 Å². The van der Waals surface area contributed by atoms with Crippen LogP contribution in [0.1, 0.15) is 35.8 Å². The highest BCUT2D eigenvalue weighted by Gasteiger charge is 2.19. The van der Waals surface area contributed by atoms with Crippen LogP contribution >= 0.6 is 23.1 Å². The quantitative estimate of drug-likeness (QED) is 0.277. The number of hydrogen-bond acceptors (Lipinski definition) is 7. The molecule has 1 fully saturated rings. The summed E-state index contributed by atoms with van der Waals surface area (Å²) < 4.78 is 20.9. The number of thioether (sulfide) groups is 1. The topological polar surface area (TPSA) is 56.1 Å². The molecule has 2 aromatic carbocycles. The Kier molecular flexibility index (Phi) is 7.52. The first-order valence-corrected chi connectivity index (χ1v) is 13.3. The number of rotatable bonds is 9. The van der Waals surface area contributed by atoms with Crippen molar-refractivity contribution in [3.63, 3.8) is 0 Å². The van der Waals surface area contributed by atoms with Crippen molar-refractivity contribution >= 4 is 23.1 Å². The predicted molar refractivity (Wildman–Crippen MR) is 133 cm³/mol. The third kappa shape index (κ3) is 5.84. The minimum atomic E-state index is -0.275. The number of halogens is 1. The molecule has 34 heavy (non-hydrogen) atoms. The second-order valence-corrected chi connectivity index (χ2v) is 10.1. The smallest absolute Gasteiger partial charge is 0.196 e. The fraction of sp³-hybridized carbons (Fsp3) is 0.320. The van der Waals surface area contributed by atoms with E-state index in [-0.39, 0.29) is 5.82 Å². The van der Waals surface area contributed by atoms with Crippen molar-refractivity contribution in [3.05, 3.63) is 82.3 Å². The van der Waals surface area contributed by atoms with Gasteiger partial charge in [-0.1, -0.05) is 36.4 Å². The van der Waals surface area contributed by atoms with Gasteiger partial charge in [-0.3, -0.25) is 9.47 Å². The van der Waals surface area contributed by atoms with E-state index in [2.05, 4.69) is 31.8 Å². The number of likely N-dealkylation sites (tertiary alicyclic amines) is 1. The van der Waals surface area contributed by atoms with Gasteiger partial charge in [0.05, 0.1) is 12.2 Å². The molecule has 0 spiro atoms. The number of para-hydroxylation sites is 1. The Morgan fingerprint density at radius 2 is 1.76 bits per heavy atom. The summed E-state index contributed by atoms with van der Waals surface area (Å²) in [6, 6.07) is 16.3. The summed E-state index contributed by atoms with van der Waals surface area (Å²) in [5.74, 6) is 2.03. The van der Waals surface area contributed by atoms with E-state index >= 15 is 0 Å². The molecule has 5 rings (SSSR count). The van der Waals surface area contributed by atoms with Gasteiger partial charge in [-0.2, -0.15) is 0 Å². The maximum absolute atomic E-state index is 13.1. The van der Waals surface area contributed by atoms with Crippen LogP contribution in [0.2, 0.25) is 0 Å². The molecule has 0 atom stereocenters. The van der Waals surface area contributed by atoms with E-state index in [4.69, 9.17) is 9.72 Å². The molecule has 0 radical (unpaired) electrons. The van der Waals surface area contributed by atoms with Gasteiger partial charge < -0.3 is 4.74 Å². The number of piperidine rings is 1. The van der Waals surface area contributed by atoms with E-state index in [1.54, 1.807) is 35.2 Å². The van der Waals surface area contributed by atoms with Crippen LogP contribution < -0.4 is 4.74 Å². The van der Waals surface area contributed by atoms with Gasteiger partial charge in [-0.25, -0.2) is 9.37 Å². The van der Waals surface area contributed by atoms with Crippen molar-refractivity contribution in [1.29, 1.82) is 0 Å². The maximum Gasteiger partial charge on any atom is 0.196 e. The molecule has 3 heterocycles. The van der Waals surface area contributed by atoms with Crippen molar-refractivity contribution in [2.75, 3.05) is 13.1 Å². The largest absolute Gasteiger partial charge is 0.486 e. The Hall–Kier alpha value is -2.75. The molecule has 1 saturated heterocycles. The van der Waals surface area contributed by atoms with Gasteiger partial charge in [0.15, 0.2) is 11.0 Å². The third-order valence-electron chi connectivity index (χ3n) is 5.65. The van der Waals surface area contributed by atoms with Crippen LogP contribution in [0, 0.1) is 5.82 Å². The Morgan fingerprint density at radius 3 is 2.56 bits per heavy atom. The minimum Gasteiger partial charge on any atom is -0.486 e. The molecule has 0 unspecified atom stereocenters. The first-order chi connectivity index (χ1) is 16.7. The van der Waals surface area contributed by atoms with Crippen LogP contribution in [-0.2, 0) is 18.9 Å². The first kappa shape index (κ1) is 23.0. The summed E-state index contributed by atoms with van der Waals surface area (Å²) in [4.78, 5) is 7.16. The lowest BCUT2D eigenvalue weighted by molar-refractivity contribution is 0.214. The van der Waals surface area contributed by atoms with Gasteiger partial charge in [0, 0.05) is 16.8 Å². The summed E-state index contributed by atoms with van der Waals surface area (Å²) >= 11 is 3.20. The van der Waals surface area contributed by atoms with Gasteiger partial charge in [0.2, 0.25) is 0 Å². The number of hydrogen-bond donors (Lipinski definition) is 0. The molecular formula is C25H26FN5OS2. The number of aromatic nitrogens is 4. The SMILES string of the molecule is Fc1ccc(OCc2nc(CSc3nnc(CN4CCCCC4)n3-c3ccccc3)cs2)cc1. The zero-order chi connectivity index (χ0) is 23.2. The predicted octanol–water partition coefficient (Wildman–Crippen LogP) is 5.72. The van der Waals surface area contributed by atoms with Crippen LogP contribution in [-0.4, -0.2) is 37.7 Å². The summed E-state index contributed by atoms with van der Waals surface area (Å²) in [5.41, 5.74) is 2.06. The van der Waals surface area contributed by atoms with Gasteiger partial charge in [-0.05, 0) is 62.3 Å². The normalized spacial score (nSPS) is 14.4. The van der Waals surface area contributed by atoms with Crippen LogP contribution in [0.15, 0.2) is 65.1 Å². The van der Waals surface area contributed by atoms with E-state index in [1.165, 1.54) is 31.4 Å². The lowest BCUT2D eigenvalue weighted by Crippen LogP contribution is -2.30. The molecule has 1 aliphatic rings. The second kappa shape index (κ2) is 11.1. The first-order valence-electron chi connectivity index (χ1n) is 11.4. The van der Waals surface area contributed by atoms with Crippen LogP contribution in [0.3, 0.4) is 0 Å². The monoisotopic (exact) mass is 495 g/mol. The highest BCUT2D eigenvalue weighted by atomic mass is 32.2. The van der Waals surface area contributed by atoms with Crippen molar-refractivity contribution in [1.82, 2.24) is 24.6 Å². The molecule has 4 aromatic rings. The van der Waals surface area contributed by atoms with Gasteiger partial charge in [0.1, 0.15) is 23.2 Å². The highest BCUT2D eigenvalue weighted by Crippen LogP contribution is 2.27. The van der Waals surface area contributed by atoms with E-state index in [9.17, 15) is 4.39 Å². The summed E-state index contributed by atoms with van der Waals surface area (Å²) in [7, 11) is 0. The van der Waals surface area contributed by atoms with E-state index in [0.717, 1.165) is 47.0 Å². The molecule has 0 aliphatic carbocycles. The fourth-order valence-corrected chi connectivity index (χ4v) is 5.62. The number of ether oxygens (including phenoxy) is 1. The Balaban J connectivity index is 1.25. The van der Waals surface area contributed by atoms with E-state index in [0.29, 0.717) is 18.1 Å². The van der Waals surface area contributed by atoms with Crippen molar-refractivity contribution in [2.24, 2.45) is 0 Å². The highest BCUT2D eigenvalue weighted by molar-refractivity contribution is 7.98. The molecule has 0 amide bonds. The number of benzene rings is 2. The van der Waals surface area contributed by atoms with Crippen molar-refractivity contribution < 1.29 is 9.13 Å². The zero-order valence-electron chi connectivity index (χ0n) is 18.8. The molecule has 176 valence electrons. The number of thiazole rings is 1. The van der Waals surface area contributed by atoms with Crippen molar-refractivity contribution in [2.45, 2.75) is 43.3 Å². The molecule has 9 heteroatoms. The lowest BCUT2D eigenvalue weighted by atomic mass is 10.1. The Labute approximate surface area is 206 Å². The van der Waals surface area contributed by atoms with Gasteiger partial charge >= 0.3 is 0 Å². The lowest BCUT2D eigenvalue weighted by Gasteiger charge is -2.26. The zero-order valence-corrected chi connectivity index (χ0v) is 20.4. The molecule has 1 aliphatic heterocycles. The average molecular weight is 496 g/mol. The fourth-order valence-electron chi connectivity index (χ4n) is 3.95. The third-order valence-corrected chi connectivity index (χ3v) is 7.49. The summed E-state index contributed by atoms with van der Waals surface area (Å²) in [5, 5.41) is 12.9. The molecule has 0 N–H and O–H groups in total. The van der Waals surface area contributed by atoms with Crippen LogP contribution in [0.4, 0.5) is 4.39 Å². The second-order valence-electron chi connectivity index (χ2n) is 8.17. The summed E-state index contributed by atoms with van der Waals surface area (Å²) in [6.07, 6.45) is 3.81. The average Bonchev–Trinajstić information content (AvgIpc) is 3.50. The van der Waals surface area contributed by atoms with E-state index in [1.807, 2.05) is 23.6 Å². The minimum absolute atomic E-state index is 0.275. The molecule has 6 nitrogen and oxygen atoms in total. The molecular weight excluding hydrogens is 469 g/mol. The van der Waals surface area contributed by atoms with E-state index < -0.39 is 0 Å². The van der Waals surface area contributed by atoms with Gasteiger partial charge in [-0.15, -0.1) is 21.5 Å². The summed E-state index contributed by atoms with van der Waals surface area (Å²) in [6.45, 7) is 3.41. The molecule has 0 saturated carbocycles. The standard InChI is InChI=1S/C25H26FN5OS2/c26-19-9-11-22(12-10-19)32-16-24-27-20(17-33-24)18-34-25-29-28-23(15-30-13-5-2-6-14-30)31(25)21-7-3-1-4-8-21/h1,3-4,7-12,17H,2,5-6,13-16,18H2. The Morgan fingerprint density at radius 1 is 0.971 bits per heavy atom. The molecule has 0 bridgehead atoms.